The Balaban J connectivity index is 1.85. The third-order valence-corrected chi connectivity index (χ3v) is 2.55. The van der Waals surface area contributed by atoms with Crippen molar-refractivity contribution in [1.82, 2.24) is 9.99 Å². The Labute approximate surface area is 90.0 Å². The van der Waals surface area contributed by atoms with Crippen LogP contribution in [0.5, 0.6) is 0 Å². The molecule has 0 bridgehead atoms. The molecule has 1 aromatic heterocycles. The maximum atomic E-state index is 5.75. The predicted octanol–water partition coefficient (Wildman–Crippen LogP) is 1.14. The quantitative estimate of drug-likeness (QED) is 0.447. The Morgan fingerprint density at radius 3 is 2.93 bits per heavy atom. The first kappa shape index (κ1) is 10.5. The van der Waals surface area contributed by atoms with Gasteiger partial charge in [-0.15, -0.1) is 0 Å². The number of rotatable bonds is 5. The maximum Gasteiger partial charge on any atom is 0.125 e. The summed E-state index contributed by atoms with van der Waals surface area (Å²) in [5.41, 5.74) is 0.949. The van der Waals surface area contributed by atoms with Crippen molar-refractivity contribution >= 4 is 0 Å². The van der Waals surface area contributed by atoms with E-state index in [1.165, 1.54) is 12.8 Å². The van der Waals surface area contributed by atoms with Gasteiger partial charge in [0.1, 0.15) is 6.23 Å². The van der Waals surface area contributed by atoms with Crippen molar-refractivity contribution in [3.8, 4) is 0 Å². The van der Waals surface area contributed by atoms with Gasteiger partial charge in [0.05, 0.1) is 12.3 Å². The van der Waals surface area contributed by atoms with Crippen molar-refractivity contribution < 1.29 is 4.74 Å². The van der Waals surface area contributed by atoms with Gasteiger partial charge in [-0.1, -0.05) is 6.07 Å². The van der Waals surface area contributed by atoms with E-state index >= 15 is 0 Å². The van der Waals surface area contributed by atoms with Gasteiger partial charge in [-0.3, -0.25) is 10.8 Å². The molecule has 1 aromatic rings. The summed E-state index contributed by atoms with van der Waals surface area (Å²) in [6.45, 7) is 0.531. The Bertz CT molecular complexity index is 296. The number of pyridine rings is 1. The summed E-state index contributed by atoms with van der Waals surface area (Å²) in [7, 11) is 1.85. The normalized spacial score (nSPS) is 18.1. The molecular weight excluding hydrogens is 190 g/mol. The summed E-state index contributed by atoms with van der Waals surface area (Å²) in [5, 5.41) is 1.65. The highest BCUT2D eigenvalue weighted by molar-refractivity contribution is 5.02. The van der Waals surface area contributed by atoms with Crippen LogP contribution in [0.4, 0.5) is 0 Å². The first-order valence-corrected chi connectivity index (χ1v) is 5.26. The zero-order chi connectivity index (χ0) is 10.7. The van der Waals surface area contributed by atoms with Crippen molar-refractivity contribution in [1.29, 1.82) is 0 Å². The van der Waals surface area contributed by atoms with E-state index in [9.17, 15) is 0 Å². The molecule has 1 fully saturated rings. The second-order valence-electron chi connectivity index (χ2n) is 4.03. The second kappa shape index (κ2) is 4.70. The summed E-state index contributed by atoms with van der Waals surface area (Å²) in [6, 6.07) is 5.82. The lowest BCUT2D eigenvalue weighted by Crippen LogP contribution is -2.40. The fourth-order valence-corrected chi connectivity index (χ4v) is 1.62. The Hall–Kier alpha value is -0.970. The molecule has 1 aliphatic rings. The molecule has 0 aromatic carbocycles. The van der Waals surface area contributed by atoms with Crippen LogP contribution in [0.15, 0.2) is 24.4 Å². The Morgan fingerprint density at radius 2 is 2.40 bits per heavy atom. The number of hydrazine groups is 1. The van der Waals surface area contributed by atoms with E-state index in [2.05, 4.69) is 4.98 Å². The van der Waals surface area contributed by atoms with Crippen molar-refractivity contribution in [3.05, 3.63) is 30.1 Å². The number of hydrogen-bond donors (Lipinski definition) is 1. The number of ether oxygens (including phenoxy) is 1. The van der Waals surface area contributed by atoms with E-state index in [1.807, 2.05) is 25.2 Å². The third kappa shape index (κ3) is 2.99. The van der Waals surface area contributed by atoms with Crippen LogP contribution in [0, 0.1) is 5.92 Å². The molecule has 82 valence electrons. The number of aromatic nitrogens is 1. The molecule has 1 aliphatic carbocycles. The SMILES string of the molecule is CN(N)C(OCc1ccccn1)C1CC1. The zero-order valence-corrected chi connectivity index (χ0v) is 8.97. The van der Waals surface area contributed by atoms with E-state index in [1.54, 1.807) is 11.2 Å². The lowest BCUT2D eigenvalue weighted by molar-refractivity contribution is -0.0726. The zero-order valence-electron chi connectivity index (χ0n) is 8.97. The van der Waals surface area contributed by atoms with Gasteiger partial charge in [-0.05, 0) is 30.9 Å². The molecule has 1 atom stereocenters. The average Bonchev–Trinajstić information content (AvgIpc) is 3.03. The predicted molar refractivity (Wildman–Crippen MR) is 57.5 cm³/mol. The molecule has 1 unspecified atom stereocenters. The monoisotopic (exact) mass is 207 g/mol. The first-order valence-electron chi connectivity index (χ1n) is 5.26. The van der Waals surface area contributed by atoms with E-state index in [0.29, 0.717) is 12.5 Å². The van der Waals surface area contributed by atoms with Crippen LogP contribution in [0.1, 0.15) is 18.5 Å². The van der Waals surface area contributed by atoms with Gasteiger partial charge in [0.2, 0.25) is 0 Å². The molecule has 0 radical (unpaired) electrons. The Kier molecular flexibility index (Phi) is 3.30. The maximum absolute atomic E-state index is 5.75. The lowest BCUT2D eigenvalue weighted by Gasteiger charge is -2.23. The van der Waals surface area contributed by atoms with Crippen molar-refractivity contribution in [2.75, 3.05) is 7.05 Å². The van der Waals surface area contributed by atoms with Crippen molar-refractivity contribution in [2.45, 2.75) is 25.7 Å². The average molecular weight is 207 g/mol. The van der Waals surface area contributed by atoms with E-state index < -0.39 is 0 Å². The topological polar surface area (TPSA) is 51.4 Å². The summed E-state index contributed by atoms with van der Waals surface area (Å²) in [5.74, 6) is 6.33. The molecular formula is C11H17N3O. The summed E-state index contributed by atoms with van der Waals surface area (Å²) < 4.78 is 5.75. The van der Waals surface area contributed by atoms with Gasteiger partial charge >= 0.3 is 0 Å². The van der Waals surface area contributed by atoms with Crippen molar-refractivity contribution in [3.63, 3.8) is 0 Å². The highest BCUT2D eigenvalue weighted by Gasteiger charge is 2.33. The number of nitrogens with zero attached hydrogens (tertiary/aromatic N) is 2. The van der Waals surface area contributed by atoms with Crippen LogP contribution >= 0.6 is 0 Å². The number of hydrogen-bond acceptors (Lipinski definition) is 4. The van der Waals surface area contributed by atoms with Gasteiger partial charge in [-0.2, -0.15) is 0 Å². The van der Waals surface area contributed by atoms with Gasteiger partial charge in [0, 0.05) is 13.2 Å². The smallest absolute Gasteiger partial charge is 0.125 e. The molecule has 1 saturated carbocycles. The summed E-state index contributed by atoms with van der Waals surface area (Å²) in [4.78, 5) is 4.21. The second-order valence-corrected chi connectivity index (χ2v) is 4.03. The minimum atomic E-state index is 0.0343. The van der Waals surface area contributed by atoms with Gasteiger partial charge in [-0.25, -0.2) is 5.01 Å². The molecule has 4 nitrogen and oxygen atoms in total. The minimum absolute atomic E-state index is 0.0343. The van der Waals surface area contributed by atoms with E-state index in [0.717, 1.165) is 5.69 Å². The summed E-state index contributed by atoms with van der Waals surface area (Å²) in [6.07, 6.45) is 4.24. The van der Waals surface area contributed by atoms with Crippen LogP contribution in [0.3, 0.4) is 0 Å². The van der Waals surface area contributed by atoms with Crippen molar-refractivity contribution in [2.24, 2.45) is 11.8 Å². The van der Waals surface area contributed by atoms with Gasteiger partial charge in [0.25, 0.3) is 0 Å². The van der Waals surface area contributed by atoms with Crippen LogP contribution in [0.2, 0.25) is 0 Å². The van der Waals surface area contributed by atoms with Crippen LogP contribution in [-0.2, 0) is 11.3 Å². The minimum Gasteiger partial charge on any atom is -0.355 e. The first-order chi connectivity index (χ1) is 7.27. The molecule has 4 heteroatoms. The molecule has 0 aliphatic heterocycles. The molecule has 2 rings (SSSR count). The molecule has 2 N–H and O–H groups in total. The fraction of sp³-hybridized carbons (Fsp3) is 0.545. The molecule has 15 heavy (non-hydrogen) atoms. The van der Waals surface area contributed by atoms with E-state index in [4.69, 9.17) is 10.6 Å². The number of nitrogens with two attached hydrogens (primary N) is 1. The van der Waals surface area contributed by atoms with Crippen LogP contribution in [-0.4, -0.2) is 23.3 Å². The van der Waals surface area contributed by atoms with Gasteiger partial charge < -0.3 is 4.74 Å². The lowest BCUT2D eigenvalue weighted by atomic mass is 10.3. The highest BCUT2D eigenvalue weighted by atomic mass is 16.5. The largest absolute Gasteiger partial charge is 0.355 e. The van der Waals surface area contributed by atoms with Gasteiger partial charge in [0.15, 0.2) is 0 Å². The van der Waals surface area contributed by atoms with Crippen LogP contribution < -0.4 is 5.84 Å². The van der Waals surface area contributed by atoms with Crippen LogP contribution in [0.25, 0.3) is 0 Å². The fourth-order valence-electron chi connectivity index (χ4n) is 1.62. The molecule has 0 spiro atoms. The molecule has 0 saturated heterocycles. The third-order valence-electron chi connectivity index (χ3n) is 2.55. The summed E-state index contributed by atoms with van der Waals surface area (Å²) >= 11 is 0. The standard InChI is InChI=1S/C11H17N3O/c1-14(12)11(9-5-6-9)15-8-10-4-2-3-7-13-10/h2-4,7,9,11H,5-6,8,12H2,1H3. The molecule has 0 amide bonds. The van der Waals surface area contributed by atoms with E-state index in [-0.39, 0.29) is 6.23 Å². The molecule has 1 heterocycles. The highest BCUT2D eigenvalue weighted by Crippen LogP contribution is 2.34. The Morgan fingerprint density at radius 1 is 1.60 bits per heavy atom.